The summed E-state index contributed by atoms with van der Waals surface area (Å²) in [6.45, 7) is 3.96. The smallest absolute Gasteiger partial charge is 0.137 e. The van der Waals surface area contributed by atoms with Gasteiger partial charge in [-0.3, -0.25) is 0 Å². The number of hydrogen-bond acceptors (Lipinski definition) is 6. The number of nitrogens with zero attached hydrogens (tertiary/aromatic N) is 2. The van der Waals surface area contributed by atoms with Crippen molar-refractivity contribution < 1.29 is 0 Å². The summed E-state index contributed by atoms with van der Waals surface area (Å²) in [7, 11) is 3.98. The minimum absolute atomic E-state index is 0.589. The van der Waals surface area contributed by atoms with Crippen LogP contribution in [-0.4, -0.2) is 53.5 Å². The minimum Gasteiger partial charge on any atom is -0.352 e. The number of thiocarbonyl (C=S) groups is 2. The molecule has 2 aromatic carbocycles. The lowest BCUT2D eigenvalue weighted by molar-refractivity contribution is 0.444. The van der Waals surface area contributed by atoms with Gasteiger partial charge >= 0.3 is 0 Å². The summed E-state index contributed by atoms with van der Waals surface area (Å²) in [5.41, 5.74) is 2.66. The Balaban J connectivity index is 1.14. The molecular formula is C22H24N2S6. The van der Waals surface area contributed by atoms with Crippen LogP contribution in [0.1, 0.15) is 11.1 Å². The summed E-state index contributed by atoms with van der Waals surface area (Å²) in [4.78, 5) is 4.69. The molecule has 0 amide bonds. The number of hydrogen-bond donors (Lipinski definition) is 0. The van der Waals surface area contributed by atoms with Crippen molar-refractivity contribution in [3.63, 3.8) is 0 Å². The molecule has 2 heterocycles. The molecule has 2 nitrogen and oxygen atoms in total. The van der Waals surface area contributed by atoms with E-state index in [2.05, 4.69) is 70.5 Å². The van der Waals surface area contributed by atoms with E-state index in [1.54, 1.807) is 0 Å². The maximum absolute atomic E-state index is 5.61. The lowest BCUT2D eigenvalue weighted by Crippen LogP contribution is -2.25. The molecule has 2 aliphatic heterocycles. The molecule has 0 saturated carbocycles. The first-order valence-electron chi connectivity index (χ1n) is 9.91. The standard InChI is InChI=1S/C22H24N2S6/c25-21-23(11-17-7-3-1-4-8-17)13-19(29-21)15-27-28-16-20-14-24(22(26)30-20)12-18-9-5-2-6-10-18/h1-10,19-20H,11-16H2. The highest BCUT2D eigenvalue weighted by molar-refractivity contribution is 8.76. The topological polar surface area (TPSA) is 6.48 Å². The summed E-state index contributed by atoms with van der Waals surface area (Å²) >= 11 is 15.0. The first-order valence-corrected chi connectivity index (χ1v) is 15.0. The van der Waals surface area contributed by atoms with E-state index in [9.17, 15) is 0 Å². The second-order valence-electron chi connectivity index (χ2n) is 7.31. The van der Waals surface area contributed by atoms with Crippen LogP contribution in [0.4, 0.5) is 0 Å². The quantitative estimate of drug-likeness (QED) is 0.222. The predicted octanol–water partition coefficient (Wildman–Crippen LogP) is 6.17. The summed E-state index contributed by atoms with van der Waals surface area (Å²) in [5.74, 6) is 2.27. The van der Waals surface area contributed by atoms with Crippen molar-refractivity contribution in [2.45, 2.75) is 23.6 Å². The lowest BCUT2D eigenvalue weighted by atomic mass is 10.2. The largest absolute Gasteiger partial charge is 0.352 e. The molecule has 0 spiro atoms. The van der Waals surface area contributed by atoms with Crippen molar-refractivity contribution in [2.75, 3.05) is 24.6 Å². The van der Waals surface area contributed by atoms with Crippen molar-refractivity contribution in [1.29, 1.82) is 0 Å². The van der Waals surface area contributed by atoms with Crippen LogP contribution in [0.15, 0.2) is 60.7 Å². The molecule has 0 radical (unpaired) electrons. The third kappa shape index (κ3) is 6.56. The van der Waals surface area contributed by atoms with Crippen molar-refractivity contribution in [1.82, 2.24) is 9.80 Å². The van der Waals surface area contributed by atoms with Gasteiger partial charge in [-0.25, -0.2) is 0 Å². The van der Waals surface area contributed by atoms with Gasteiger partial charge in [0.1, 0.15) is 8.64 Å². The van der Waals surface area contributed by atoms with Crippen LogP contribution in [-0.2, 0) is 13.1 Å². The lowest BCUT2D eigenvalue weighted by Gasteiger charge is -2.17. The molecule has 4 rings (SSSR count). The molecule has 2 aliphatic rings. The van der Waals surface area contributed by atoms with E-state index in [1.807, 2.05) is 45.1 Å². The Kier molecular flexibility index (Phi) is 8.72. The normalized spacial score (nSPS) is 21.6. The maximum atomic E-state index is 5.61. The zero-order chi connectivity index (χ0) is 20.8. The summed E-state index contributed by atoms with van der Waals surface area (Å²) in [6, 6.07) is 21.2. The first kappa shape index (κ1) is 22.8. The molecule has 2 aromatic rings. The van der Waals surface area contributed by atoms with Gasteiger partial charge in [-0.1, -0.05) is 130 Å². The Bertz CT molecular complexity index is 776. The Morgan fingerprint density at radius 3 is 1.50 bits per heavy atom. The fraction of sp³-hybridized carbons (Fsp3) is 0.364. The van der Waals surface area contributed by atoms with E-state index >= 15 is 0 Å². The molecule has 2 atom stereocenters. The van der Waals surface area contributed by atoms with Crippen molar-refractivity contribution in [3.8, 4) is 0 Å². The van der Waals surface area contributed by atoms with Gasteiger partial charge in [0, 0.05) is 48.2 Å². The predicted molar refractivity (Wildman–Crippen MR) is 147 cm³/mol. The van der Waals surface area contributed by atoms with Gasteiger partial charge in [-0.05, 0) is 11.1 Å². The van der Waals surface area contributed by atoms with Crippen LogP contribution in [0.25, 0.3) is 0 Å². The second kappa shape index (κ2) is 11.5. The summed E-state index contributed by atoms with van der Waals surface area (Å²) in [5, 5.41) is 1.18. The second-order valence-corrected chi connectivity index (χ2v) is 13.7. The Labute approximate surface area is 206 Å². The first-order chi connectivity index (χ1) is 14.7. The average Bonchev–Trinajstić information content (AvgIpc) is 3.28. The van der Waals surface area contributed by atoms with Crippen LogP contribution in [0.5, 0.6) is 0 Å². The van der Waals surface area contributed by atoms with E-state index in [0.717, 1.165) is 46.3 Å². The Morgan fingerprint density at radius 2 is 1.10 bits per heavy atom. The molecule has 30 heavy (non-hydrogen) atoms. The third-order valence-electron chi connectivity index (χ3n) is 4.92. The minimum atomic E-state index is 0.589. The highest BCUT2D eigenvalue weighted by Crippen LogP contribution is 2.36. The molecular weight excluding hydrogens is 485 g/mol. The zero-order valence-corrected chi connectivity index (χ0v) is 21.4. The molecule has 0 aliphatic carbocycles. The van der Waals surface area contributed by atoms with Crippen LogP contribution in [0, 0.1) is 0 Å². The van der Waals surface area contributed by atoms with Crippen LogP contribution < -0.4 is 0 Å². The summed E-state index contributed by atoms with van der Waals surface area (Å²) in [6.07, 6.45) is 0. The third-order valence-corrected chi connectivity index (χ3v) is 11.2. The van der Waals surface area contributed by atoms with Gasteiger partial charge in [0.2, 0.25) is 0 Å². The van der Waals surface area contributed by atoms with Gasteiger partial charge in [-0.15, -0.1) is 0 Å². The molecule has 2 saturated heterocycles. The Hall–Kier alpha value is -0.380. The Morgan fingerprint density at radius 1 is 0.700 bits per heavy atom. The van der Waals surface area contributed by atoms with Crippen molar-refractivity contribution >= 4 is 78.2 Å². The highest BCUT2D eigenvalue weighted by Gasteiger charge is 2.29. The number of benzene rings is 2. The molecule has 2 fully saturated rings. The van der Waals surface area contributed by atoms with Crippen molar-refractivity contribution in [2.24, 2.45) is 0 Å². The fourth-order valence-electron chi connectivity index (χ4n) is 3.44. The van der Waals surface area contributed by atoms with E-state index in [-0.39, 0.29) is 0 Å². The number of thioether (sulfide) groups is 2. The maximum Gasteiger partial charge on any atom is 0.137 e. The summed E-state index contributed by atoms with van der Waals surface area (Å²) < 4.78 is 2.09. The zero-order valence-electron chi connectivity index (χ0n) is 16.5. The molecule has 8 heteroatoms. The van der Waals surface area contributed by atoms with Gasteiger partial charge in [0.15, 0.2) is 0 Å². The average molecular weight is 509 g/mol. The molecule has 158 valence electrons. The number of rotatable bonds is 9. The SMILES string of the molecule is S=C1SC(CSSCC2CN(Cc3ccccc3)C(=S)S2)CN1Cc1ccccc1. The molecule has 0 bridgehead atoms. The van der Waals surface area contributed by atoms with Gasteiger partial charge in [-0.2, -0.15) is 0 Å². The van der Waals surface area contributed by atoms with Crippen LogP contribution in [0.3, 0.4) is 0 Å². The fourth-order valence-corrected chi connectivity index (χ4v) is 9.93. The van der Waals surface area contributed by atoms with Crippen LogP contribution >= 0.6 is 69.5 Å². The van der Waals surface area contributed by atoms with E-state index < -0.39 is 0 Å². The monoisotopic (exact) mass is 508 g/mol. The van der Waals surface area contributed by atoms with Crippen LogP contribution in [0.2, 0.25) is 0 Å². The molecule has 0 N–H and O–H groups in total. The van der Waals surface area contributed by atoms with E-state index in [0.29, 0.717) is 10.5 Å². The van der Waals surface area contributed by atoms with Gasteiger partial charge < -0.3 is 9.80 Å². The van der Waals surface area contributed by atoms with Gasteiger partial charge in [0.25, 0.3) is 0 Å². The van der Waals surface area contributed by atoms with E-state index in [4.69, 9.17) is 24.4 Å². The molecule has 2 unspecified atom stereocenters. The molecule has 0 aromatic heterocycles. The van der Waals surface area contributed by atoms with E-state index in [1.165, 1.54) is 11.1 Å². The van der Waals surface area contributed by atoms with Crippen molar-refractivity contribution in [3.05, 3.63) is 71.8 Å². The highest BCUT2D eigenvalue weighted by atomic mass is 33.1. The van der Waals surface area contributed by atoms with Gasteiger partial charge in [0.05, 0.1) is 0 Å².